The summed E-state index contributed by atoms with van der Waals surface area (Å²) in [6, 6.07) is -0.566. The van der Waals surface area contributed by atoms with Crippen LogP contribution >= 0.6 is 0 Å². The summed E-state index contributed by atoms with van der Waals surface area (Å²) in [5, 5.41) is 4.10. The van der Waals surface area contributed by atoms with Gasteiger partial charge in [-0.05, 0) is 31.6 Å². The molecule has 1 unspecified atom stereocenters. The molecule has 4 nitrogen and oxygen atoms in total. The number of carbonyl (C=O) groups excluding carboxylic acids is 1. The van der Waals surface area contributed by atoms with E-state index in [-0.39, 0.29) is 0 Å². The highest BCUT2D eigenvalue weighted by atomic mass is 16.2. The normalized spacial score (nSPS) is 22.6. The highest BCUT2D eigenvalue weighted by molar-refractivity contribution is 5.89. The third kappa shape index (κ3) is 4.64. The zero-order valence-corrected chi connectivity index (χ0v) is 10.2. The first kappa shape index (κ1) is 13.0. The maximum atomic E-state index is 10.6. The zero-order valence-electron chi connectivity index (χ0n) is 10.2. The molecule has 0 bridgehead atoms. The van der Waals surface area contributed by atoms with Gasteiger partial charge < -0.3 is 5.73 Å². The van der Waals surface area contributed by atoms with Crippen molar-refractivity contribution in [1.82, 2.24) is 5.43 Å². The number of primary amides is 1. The van der Waals surface area contributed by atoms with E-state index >= 15 is 0 Å². The average Bonchev–Trinajstić information content (AvgIpc) is 2.69. The van der Waals surface area contributed by atoms with Gasteiger partial charge in [-0.25, -0.2) is 10.2 Å². The number of hydrogen-bond donors (Lipinski definition) is 2. The Hall–Kier alpha value is -1.06. The second-order valence-corrected chi connectivity index (χ2v) is 4.52. The van der Waals surface area contributed by atoms with Crippen molar-refractivity contribution in [2.45, 2.75) is 58.3 Å². The lowest BCUT2D eigenvalue weighted by Gasteiger charge is -2.10. The molecule has 4 heteroatoms. The largest absolute Gasteiger partial charge is 0.350 e. The Morgan fingerprint density at radius 3 is 3.00 bits per heavy atom. The minimum atomic E-state index is -0.566. The lowest BCUT2D eigenvalue weighted by Crippen LogP contribution is -2.26. The van der Waals surface area contributed by atoms with Crippen molar-refractivity contribution in [2.75, 3.05) is 0 Å². The minimum Gasteiger partial charge on any atom is -0.350 e. The van der Waals surface area contributed by atoms with Gasteiger partial charge in [0.2, 0.25) is 0 Å². The molecule has 1 aliphatic rings. The Balaban J connectivity index is 2.28. The van der Waals surface area contributed by atoms with E-state index in [0.29, 0.717) is 5.92 Å². The Morgan fingerprint density at radius 1 is 1.50 bits per heavy atom. The highest BCUT2D eigenvalue weighted by Gasteiger charge is 2.22. The molecule has 2 amide bonds. The zero-order chi connectivity index (χ0) is 11.8. The van der Waals surface area contributed by atoms with Crippen LogP contribution in [0, 0.1) is 5.92 Å². The van der Waals surface area contributed by atoms with Crippen LogP contribution in [-0.4, -0.2) is 11.7 Å². The first-order valence-corrected chi connectivity index (χ1v) is 6.36. The summed E-state index contributed by atoms with van der Waals surface area (Å²) >= 11 is 0. The van der Waals surface area contributed by atoms with Crippen LogP contribution < -0.4 is 11.2 Å². The molecule has 1 rings (SSSR count). The first-order valence-electron chi connectivity index (χ1n) is 6.36. The molecule has 0 aromatic heterocycles. The van der Waals surface area contributed by atoms with Crippen LogP contribution in [0.15, 0.2) is 5.10 Å². The van der Waals surface area contributed by atoms with Crippen LogP contribution in [0.5, 0.6) is 0 Å². The lowest BCUT2D eigenvalue weighted by atomic mass is 9.98. The van der Waals surface area contributed by atoms with E-state index in [0.717, 1.165) is 12.1 Å². The van der Waals surface area contributed by atoms with Crippen LogP contribution in [0.1, 0.15) is 58.3 Å². The van der Waals surface area contributed by atoms with Gasteiger partial charge in [0.15, 0.2) is 0 Å². The predicted molar refractivity (Wildman–Crippen MR) is 66.3 cm³/mol. The molecule has 16 heavy (non-hydrogen) atoms. The van der Waals surface area contributed by atoms with E-state index in [2.05, 4.69) is 17.5 Å². The number of hydrazone groups is 1. The van der Waals surface area contributed by atoms with Gasteiger partial charge in [-0.3, -0.25) is 0 Å². The minimum absolute atomic E-state index is 0.566. The number of amides is 2. The fourth-order valence-electron chi connectivity index (χ4n) is 2.30. The summed E-state index contributed by atoms with van der Waals surface area (Å²) in [5.74, 6) is 0.573. The molecule has 1 atom stereocenters. The summed E-state index contributed by atoms with van der Waals surface area (Å²) in [6.45, 7) is 2.22. The molecular formula is C12H23N3O. The molecule has 3 N–H and O–H groups in total. The lowest BCUT2D eigenvalue weighted by molar-refractivity contribution is 0.249. The number of rotatable bonds is 6. The van der Waals surface area contributed by atoms with E-state index in [4.69, 9.17) is 5.73 Å². The Morgan fingerprint density at radius 2 is 2.31 bits per heavy atom. The number of urea groups is 1. The molecule has 0 heterocycles. The molecule has 0 spiro atoms. The molecule has 1 saturated carbocycles. The third-order valence-corrected chi connectivity index (χ3v) is 3.17. The SMILES string of the molecule is CCCCCCC1CCCC1=NNC(N)=O. The van der Waals surface area contributed by atoms with E-state index in [1.807, 2.05) is 0 Å². The molecule has 0 radical (unpaired) electrons. The number of nitrogens with one attached hydrogen (secondary N) is 1. The topological polar surface area (TPSA) is 67.5 Å². The van der Waals surface area contributed by atoms with E-state index in [9.17, 15) is 4.79 Å². The van der Waals surface area contributed by atoms with Crippen LogP contribution in [-0.2, 0) is 0 Å². The number of unbranched alkanes of at least 4 members (excludes halogenated alkanes) is 3. The summed E-state index contributed by atoms with van der Waals surface area (Å²) in [7, 11) is 0. The fraction of sp³-hybridized carbons (Fsp3) is 0.833. The Kier molecular flexibility index (Phi) is 5.90. The molecular weight excluding hydrogens is 202 g/mol. The van der Waals surface area contributed by atoms with Crippen LogP contribution in [0.2, 0.25) is 0 Å². The van der Waals surface area contributed by atoms with E-state index in [1.165, 1.54) is 44.9 Å². The van der Waals surface area contributed by atoms with Crippen molar-refractivity contribution in [3.8, 4) is 0 Å². The average molecular weight is 225 g/mol. The summed E-state index contributed by atoms with van der Waals surface area (Å²) in [6.07, 6.45) is 9.80. The first-order chi connectivity index (χ1) is 7.74. The van der Waals surface area contributed by atoms with Crippen molar-refractivity contribution in [2.24, 2.45) is 16.8 Å². The van der Waals surface area contributed by atoms with Gasteiger partial charge in [-0.15, -0.1) is 0 Å². The Bertz CT molecular complexity index is 251. The molecule has 92 valence electrons. The van der Waals surface area contributed by atoms with Crippen molar-refractivity contribution < 1.29 is 4.79 Å². The molecule has 0 aromatic carbocycles. The second-order valence-electron chi connectivity index (χ2n) is 4.52. The number of carbonyl (C=O) groups is 1. The summed E-state index contributed by atoms with van der Waals surface area (Å²) in [5.41, 5.74) is 8.48. The second kappa shape index (κ2) is 7.25. The van der Waals surface area contributed by atoms with Crippen LogP contribution in [0.4, 0.5) is 4.79 Å². The van der Waals surface area contributed by atoms with Crippen molar-refractivity contribution >= 4 is 11.7 Å². The monoisotopic (exact) mass is 225 g/mol. The third-order valence-electron chi connectivity index (χ3n) is 3.17. The van der Waals surface area contributed by atoms with E-state index < -0.39 is 6.03 Å². The van der Waals surface area contributed by atoms with Gasteiger partial charge in [0, 0.05) is 5.71 Å². The summed E-state index contributed by atoms with van der Waals surface area (Å²) in [4.78, 5) is 10.6. The maximum absolute atomic E-state index is 10.6. The van der Waals surface area contributed by atoms with Crippen molar-refractivity contribution in [3.05, 3.63) is 0 Å². The van der Waals surface area contributed by atoms with Gasteiger partial charge in [0.1, 0.15) is 0 Å². The molecule has 1 aliphatic carbocycles. The van der Waals surface area contributed by atoms with Crippen LogP contribution in [0.3, 0.4) is 0 Å². The fourth-order valence-corrected chi connectivity index (χ4v) is 2.30. The van der Waals surface area contributed by atoms with Gasteiger partial charge in [0.25, 0.3) is 0 Å². The van der Waals surface area contributed by atoms with Gasteiger partial charge in [-0.1, -0.05) is 32.6 Å². The number of nitrogens with zero attached hydrogens (tertiary/aromatic N) is 1. The van der Waals surface area contributed by atoms with Crippen molar-refractivity contribution in [3.63, 3.8) is 0 Å². The van der Waals surface area contributed by atoms with Crippen LogP contribution in [0.25, 0.3) is 0 Å². The summed E-state index contributed by atoms with van der Waals surface area (Å²) < 4.78 is 0. The Labute approximate surface area is 97.7 Å². The quantitative estimate of drug-likeness (QED) is 0.529. The molecule has 0 aliphatic heterocycles. The molecule has 0 saturated heterocycles. The molecule has 1 fully saturated rings. The van der Waals surface area contributed by atoms with Gasteiger partial charge in [-0.2, -0.15) is 5.10 Å². The number of hydrogen-bond acceptors (Lipinski definition) is 2. The smallest absolute Gasteiger partial charge is 0.332 e. The predicted octanol–water partition coefficient (Wildman–Crippen LogP) is 2.78. The van der Waals surface area contributed by atoms with E-state index in [1.54, 1.807) is 0 Å². The number of nitrogens with two attached hydrogens (primary N) is 1. The standard InChI is InChI=1S/C12H23N3O/c1-2-3-4-5-7-10-8-6-9-11(10)14-15-12(13)16/h10H,2-9H2,1H3,(H3,13,15,16). The van der Waals surface area contributed by atoms with Crippen molar-refractivity contribution in [1.29, 1.82) is 0 Å². The van der Waals surface area contributed by atoms with Gasteiger partial charge in [0.05, 0.1) is 0 Å². The van der Waals surface area contributed by atoms with Gasteiger partial charge >= 0.3 is 6.03 Å². The highest BCUT2D eigenvalue weighted by Crippen LogP contribution is 2.27. The maximum Gasteiger partial charge on any atom is 0.332 e. The molecule has 0 aromatic rings.